The Bertz CT molecular complexity index is 437. The maximum Gasteiger partial charge on any atom is 0.573 e. The van der Waals surface area contributed by atoms with E-state index in [1.807, 2.05) is 18.9 Å². The Morgan fingerprint density at radius 2 is 1.90 bits per heavy atom. The van der Waals surface area contributed by atoms with Gasteiger partial charge in [-0.1, -0.05) is 31.5 Å². The third-order valence-corrected chi connectivity index (χ3v) is 3.62. The van der Waals surface area contributed by atoms with Crippen LogP contribution in [0.15, 0.2) is 24.3 Å². The number of nitrogens with zero attached hydrogens (tertiary/aromatic N) is 1. The molecule has 1 aromatic carbocycles. The number of ether oxygens (including phenoxy) is 1. The molecule has 0 bridgehead atoms. The monoisotopic (exact) mass is 304 g/mol. The fraction of sp³-hybridized carbons (Fsp3) is 0.600. The molecule has 1 aromatic rings. The van der Waals surface area contributed by atoms with Gasteiger partial charge in [0.2, 0.25) is 0 Å². The van der Waals surface area contributed by atoms with Crippen molar-refractivity contribution in [2.24, 2.45) is 5.73 Å². The summed E-state index contributed by atoms with van der Waals surface area (Å²) in [6.07, 6.45) is -2.75. The minimum Gasteiger partial charge on any atom is -0.405 e. The Kier molecular flexibility index (Phi) is 6.48. The third-order valence-electron chi connectivity index (χ3n) is 3.62. The first-order valence-corrected chi connectivity index (χ1v) is 7.06. The van der Waals surface area contributed by atoms with Crippen molar-refractivity contribution in [1.82, 2.24) is 4.90 Å². The zero-order valence-electron chi connectivity index (χ0n) is 12.7. The van der Waals surface area contributed by atoms with Crippen LogP contribution in [0, 0.1) is 0 Å². The van der Waals surface area contributed by atoms with E-state index in [0.29, 0.717) is 5.56 Å². The van der Waals surface area contributed by atoms with Gasteiger partial charge in [0.1, 0.15) is 5.75 Å². The Hall–Kier alpha value is -1.27. The summed E-state index contributed by atoms with van der Waals surface area (Å²) >= 11 is 0. The topological polar surface area (TPSA) is 38.5 Å². The highest BCUT2D eigenvalue weighted by Gasteiger charge is 2.33. The predicted octanol–water partition coefficient (Wildman–Crippen LogP) is 3.71. The smallest absolute Gasteiger partial charge is 0.405 e. The molecule has 0 aliphatic carbocycles. The van der Waals surface area contributed by atoms with Crippen molar-refractivity contribution in [2.75, 3.05) is 13.6 Å². The summed E-state index contributed by atoms with van der Waals surface area (Å²) in [6, 6.07) is 6.08. The van der Waals surface area contributed by atoms with Crippen LogP contribution in [0.25, 0.3) is 0 Å². The van der Waals surface area contributed by atoms with E-state index in [2.05, 4.69) is 11.7 Å². The van der Waals surface area contributed by atoms with E-state index in [9.17, 15) is 13.2 Å². The summed E-state index contributed by atoms with van der Waals surface area (Å²) in [5.74, 6) is -0.184. The number of alkyl halides is 3. The fourth-order valence-electron chi connectivity index (χ4n) is 2.41. The van der Waals surface area contributed by atoms with Crippen LogP contribution in [-0.2, 0) is 0 Å². The second kappa shape index (κ2) is 7.66. The summed E-state index contributed by atoms with van der Waals surface area (Å²) in [6.45, 7) is 4.34. The molecule has 0 radical (unpaired) electrons. The van der Waals surface area contributed by atoms with Crippen LogP contribution in [0.1, 0.15) is 38.3 Å². The van der Waals surface area contributed by atoms with E-state index in [1.54, 1.807) is 12.1 Å². The maximum atomic E-state index is 12.5. The Morgan fingerprint density at radius 3 is 2.43 bits per heavy atom. The first kappa shape index (κ1) is 17.8. The average molecular weight is 304 g/mol. The van der Waals surface area contributed by atoms with Gasteiger partial charge in [-0.3, -0.25) is 4.90 Å². The van der Waals surface area contributed by atoms with Crippen molar-refractivity contribution in [3.63, 3.8) is 0 Å². The molecule has 0 saturated heterocycles. The lowest BCUT2D eigenvalue weighted by atomic mass is 10.0. The molecule has 2 unspecified atom stereocenters. The minimum atomic E-state index is -4.71. The standard InChI is InChI=1S/C15H23F3N2O/c1-4-7-11(2)20(3)13(10-19)12-8-5-6-9-14(12)21-15(16,17)18/h5-6,8-9,11,13H,4,7,10,19H2,1-3H3. The molecule has 21 heavy (non-hydrogen) atoms. The van der Waals surface area contributed by atoms with Crippen LogP contribution in [0.3, 0.4) is 0 Å². The lowest BCUT2D eigenvalue weighted by Crippen LogP contribution is -2.37. The average Bonchev–Trinajstić information content (AvgIpc) is 2.40. The second-order valence-corrected chi connectivity index (χ2v) is 5.14. The van der Waals surface area contributed by atoms with Gasteiger partial charge in [0.05, 0.1) is 6.04 Å². The zero-order valence-corrected chi connectivity index (χ0v) is 12.7. The molecule has 120 valence electrons. The van der Waals surface area contributed by atoms with Gasteiger partial charge in [-0.25, -0.2) is 0 Å². The molecule has 0 aliphatic heterocycles. The number of benzene rings is 1. The van der Waals surface area contributed by atoms with Crippen LogP contribution in [0.2, 0.25) is 0 Å². The van der Waals surface area contributed by atoms with Gasteiger partial charge < -0.3 is 10.5 Å². The minimum absolute atomic E-state index is 0.184. The quantitative estimate of drug-likeness (QED) is 0.834. The largest absolute Gasteiger partial charge is 0.573 e. The highest BCUT2D eigenvalue weighted by Crippen LogP contribution is 2.33. The summed E-state index contributed by atoms with van der Waals surface area (Å²) < 4.78 is 41.6. The highest BCUT2D eigenvalue weighted by atomic mass is 19.4. The Labute approximate surface area is 123 Å². The van der Waals surface area contributed by atoms with E-state index in [0.717, 1.165) is 12.8 Å². The van der Waals surface area contributed by atoms with E-state index < -0.39 is 6.36 Å². The lowest BCUT2D eigenvalue weighted by molar-refractivity contribution is -0.275. The molecule has 6 heteroatoms. The van der Waals surface area contributed by atoms with Gasteiger partial charge in [-0.05, 0) is 26.5 Å². The van der Waals surface area contributed by atoms with Gasteiger partial charge in [0.15, 0.2) is 0 Å². The second-order valence-electron chi connectivity index (χ2n) is 5.14. The SMILES string of the molecule is CCCC(C)N(C)C(CN)c1ccccc1OC(F)(F)F. The van der Waals surface area contributed by atoms with Crippen molar-refractivity contribution >= 4 is 0 Å². The van der Waals surface area contributed by atoms with Crippen molar-refractivity contribution in [3.05, 3.63) is 29.8 Å². The van der Waals surface area contributed by atoms with Gasteiger partial charge in [-0.15, -0.1) is 13.2 Å². The fourth-order valence-corrected chi connectivity index (χ4v) is 2.41. The van der Waals surface area contributed by atoms with Crippen molar-refractivity contribution < 1.29 is 17.9 Å². The number of para-hydroxylation sites is 1. The summed E-state index contributed by atoms with van der Waals surface area (Å²) in [5, 5.41) is 0. The number of hydrogen-bond donors (Lipinski definition) is 1. The molecule has 2 atom stereocenters. The first-order chi connectivity index (χ1) is 9.80. The van der Waals surface area contributed by atoms with Crippen LogP contribution in [0.4, 0.5) is 13.2 Å². The first-order valence-electron chi connectivity index (χ1n) is 7.06. The number of nitrogens with two attached hydrogens (primary N) is 1. The molecular weight excluding hydrogens is 281 g/mol. The van der Waals surface area contributed by atoms with Gasteiger partial charge in [0.25, 0.3) is 0 Å². The molecule has 2 N–H and O–H groups in total. The van der Waals surface area contributed by atoms with Gasteiger partial charge in [0, 0.05) is 18.2 Å². The third kappa shape index (κ3) is 5.21. The Balaban J connectivity index is 3.05. The van der Waals surface area contributed by atoms with E-state index in [1.165, 1.54) is 12.1 Å². The molecule has 0 fully saturated rings. The Morgan fingerprint density at radius 1 is 1.29 bits per heavy atom. The normalized spacial score (nSPS) is 15.0. The van der Waals surface area contributed by atoms with Crippen molar-refractivity contribution in [1.29, 1.82) is 0 Å². The number of hydrogen-bond acceptors (Lipinski definition) is 3. The number of rotatable bonds is 7. The number of halogens is 3. The van der Waals surface area contributed by atoms with Crippen LogP contribution in [-0.4, -0.2) is 30.9 Å². The molecule has 0 saturated carbocycles. The van der Waals surface area contributed by atoms with Crippen LogP contribution >= 0.6 is 0 Å². The maximum absolute atomic E-state index is 12.5. The molecule has 3 nitrogen and oxygen atoms in total. The molecule has 1 rings (SSSR count). The van der Waals surface area contributed by atoms with Gasteiger partial charge in [-0.2, -0.15) is 0 Å². The summed E-state index contributed by atoms with van der Waals surface area (Å²) in [7, 11) is 1.88. The lowest BCUT2D eigenvalue weighted by Gasteiger charge is -2.33. The molecular formula is C15H23F3N2O. The van der Waals surface area contributed by atoms with Crippen LogP contribution < -0.4 is 10.5 Å². The molecule has 0 amide bonds. The van der Waals surface area contributed by atoms with Crippen molar-refractivity contribution in [3.8, 4) is 5.75 Å². The molecule has 0 aliphatic rings. The zero-order chi connectivity index (χ0) is 16.0. The predicted molar refractivity (Wildman–Crippen MR) is 77.1 cm³/mol. The van der Waals surface area contributed by atoms with E-state index in [-0.39, 0.29) is 24.4 Å². The summed E-state index contributed by atoms with van der Waals surface area (Å²) in [5.41, 5.74) is 6.25. The van der Waals surface area contributed by atoms with Crippen LogP contribution in [0.5, 0.6) is 5.75 Å². The van der Waals surface area contributed by atoms with Gasteiger partial charge >= 0.3 is 6.36 Å². The van der Waals surface area contributed by atoms with Crippen molar-refractivity contribution in [2.45, 2.75) is 45.1 Å². The summed E-state index contributed by atoms with van der Waals surface area (Å²) in [4.78, 5) is 2.00. The van der Waals surface area contributed by atoms with E-state index >= 15 is 0 Å². The highest BCUT2D eigenvalue weighted by molar-refractivity contribution is 5.36. The molecule has 0 heterocycles. The molecule has 0 aromatic heterocycles. The van der Waals surface area contributed by atoms with E-state index in [4.69, 9.17) is 5.73 Å². The molecule has 0 spiro atoms. The number of likely N-dealkylation sites (N-methyl/N-ethyl adjacent to an activating group) is 1.